The Hall–Kier alpha value is -0.320. The molecule has 0 spiro atoms. The van der Waals surface area contributed by atoms with Crippen LogP contribution in [0.15, 0.2) is 21.3 Å². The molecule has 2 nitrogen and oxygen atoms in total. The predicted molar refractivity (Wildman–Crippen MR) is 65.5 cm³/mol. The molecular weight excluding hydrogens is 291 g/mol. The zero-order valence-electron chi connectivity index (χ0n) is 8.38. The first-order valence-electron chi connectivity index (χ1n) is 5.02. The van der Waals surface area contributed by atoms with E-state index in [9.17, 15) is 4.79 Å². The first kappa shape index (κ1) is 11.8. The molecule has 1 rings (SSSR count). The van der Waals surface area contributed by atoms with Gasteiger partial charge in [-0.1, -0.05) is 26.2 Å². The molecule has 0 fully saturated rings. The molecule has 1 aromatic heterocycles. The number of hydrogen-bond donors (Lipinski definition) is 0. The average Bonchev–Trinajstić information content (AvgIpc) is 2.18. The molecule has 0 saturated heterocycles. The molecule has 0 aromatic carbocycles. The summed E-state index contributed by atoms with van der Waals surface area (Å²) in [5.74, 6) is 0.842. The monoisotopic (exact) mass is 306 g/mol. The first-order chi connectivity index (χ1) is 6.74. The van der Waals surface area contributed by atoms with E-state index in [0.29, 0.717) is 0 Å². The molecule has 0 aliphatic rings. The Kier molecular flexibility index (Phi) is 5.22. The van der Waals surface area contributed by atoms with Crippen LogP contribution in [0.3, 0.4) is 0 Å². The fourth-order valence-corrected chi connectivity index (χ4v) is 1.88. The maximum absolute atomic E-state index is 11.0. The van der Waals surface area contributed by atoms with Gasteiger partial charge in [0.15, 0.2) is 0 Å². The number of hydrogen-bond acceptors (Lipinski definition) is 2. The van der Waals surface area contributed by atoms with Gasteiger partial charge in [0.2, 0.25) is 0 Å². The van der Waals surface area contributed by atoms with Crippen molar-refractivity contribution >= 4 is 22.6 Å². The van der Waals surface area contributed by atoms with E-state index >= 15 is 0 Å². The van der Waals surface area contributed by atoms with Crippen LogP contribution in [-0.2, 0) is 6.42 Å². The first-order valence-corrected chi connectivity index (χ1v) is 6.10. The van der Waals surface area contributed by atoms with Crippen LogP contribution in [0.4, 0.5) is 0 Å². The van der Waals surface area contributed by atoms with E-state index in [1.165, 1.54) is 25.3 Å². The fourth-order valence-electron chi connectivity index (χ4n) is 1.32. The summed E-state index contributed by atoms with van der Waals surface area (Å²) in [5.41, 5.74) is -0.240. The minimum absolute atomic E-state index is 0.240. The van der Waals surface area contributed by atoms with Crippen molar-refractivity contribution in [3.8, 4) is 0 Å². The van der Waals surface area contributed by atoms with E-state index in [1.54, 1.807) is 0 Å². The molecule has 0 N–H and O–H groups in total. The Morgan fingerprint density at radius 1 is 1.29 bits per heavy atom. The Morgan fingerprint density at radius 2 is 2.07 bits per heavy atom. The van der Waals surface area contributed by atoms with Crippen molar-refractivity contribution in [3.05, 3.63) is 31.9 Å². The summed E-state index contributed by atoms with van der Waals surface area (Å²) in [5, 5.41) is 0. The Labute approximate surface area is 97.8 Å². The van der Waals surface area contributed by atoms with Gasteiger partial charge in [-0.2, -0.15) is 0 Å². The van der Waals surface area contributed by atoms with E-state index in [2.05, 4.69) is 29.5 Å². The highest BCUT2D eigenvalue weighted by Gasteiger charge is 2.02. The summed E-state index contributed by atoms with van der Waals surface area (Å²) < 4.78 is 6.18. The van der Waals surface area contributed by atoms with Crippen molar-refractivity contribution in [3.63, 3.8) is 0 Å². The van der Waals surface area contributed by atoms with Gasteiger partial charge in [-0.05, 0) is 35.1 Å². The summed E-state index contributed by atoms with van der Waals surface area (Å²) in [6, 6.07) is 3.29. The second-order valence-electron chi connectivity index (χ2n) is 3.34. The topological polar surface area (TPSA) is 30.2 Å². The summed E-state index contributed by atoms with van der Waals surface area (Å²) in [7, 11) is 0. The minimum atomic E-state index is -0.240. The van der Waals surface area contributed by atoms with Gasteiger partial charge in [0.05, 0.1) is 3.57 Å². The molecule has 0 atom stereocenters. The van der Waals surface area contributed by atoms with E-state index in [0.717, 1.165) is 22.2 Å². The minimum Gasteiger partial charge on any atom is -0.427 e. The molecular formula is C11H15IO2. The standard InChI is InChI=1S/C11H15IO2/c1-2-3-4-5-6-10-9(12)7-8-11(13)14-10/h7-8H,2-6H2,1H3. The number of rotatable bonds is 5. The lowest BCUT2D eigenvalue weighted by molar-refractivity contribution is 0.445. The highest BCUT2D eigenvalue weighted by atomic mass is 127. The van der Waals surface area contributed by atoms with Crippen molar-refractivity contribution in [1.29, 1.82) is 0 Å². The summed E-state index contributed by atoms with van der Waals surface area (Å²) >= 11 is 2.21. The lowest BCUT2D eigenvalue weighted by atomic mass is 10.1. The Bertz CT molecular complexity index is 330. The molecule has 0 bridgehead atoms. The van der Waals surface area contributed by atoms with Gasteiger partial charge in [0.25, 0.3) is 0 Å². The van der Waals surface area contributed by atoms with Crippen LogP contribution in [0.1, 0.15) is 38.4 Å². The van der Waals surface area contributed by atoms with Gasteiger partial charge in [-0.3, -0.25) is 0 Å². The summed E-state index contributed by atoms with van der Waals surface area (Å²) in [6.45, 7) is 2.19. The smallest absolute Gasteiger partial charge is 0.335 e. The van der Waals surface area contributed by atoms with Gasteiger partial charge >= 0.3 is 5.63 Å². The van der Waals surface area contributed by atoms with Crippen molar-refractivity contribution in [1.82, 2.24) is 0 Å². The number of aryl methyl sites for hydroxylation is 1. The van der Waals surface area contributed by atoms with E-state index < -0.39 is 0 Å². The number of unbranched alkanes of at least 4 members (excludes halogenated alkanes) is 3. The molecule has 0 saturated carbocycles. The lowest BCUT2D eigenvalue weighted by Gasteiger charge is -2.01. The second-order valence-corrected chi connectivity index (χ2v) is 4.50. The fraction of sp³-hybridized carbons (Fsp3) is 0.545. The van der Waals surface area contributed by atoms with Gasteiger partial charge in [0, 0.05) is 12.5 Å². The molecule has 1 heterocycles. The average molecular weight is 306 g/mol. The molecule has 14 heavy (non-hydrogen) atoms. The van der Waals surface area contributed by atoms with Crippen LogP contribution in [0.25, 0.3) is 0 Å². The molecule has 1 aromatic rings. The third-order valence-corrected chi connectivity index (χ3v) is 3.07. The molecule has 0 amide bonds. The van der Waals surface area contributed by atoms with Crippen molar-refractivity contribution in [2.75, 3.05) is 0 Å². The largest absolute Gasteiger partial charge is 0.427 e. The van der Waals surface area contributed by atoms with Crippen LogP contribution in [0, 0.1) is 3.57 Å². The maximum Gasteiger partial charge on any atom is 0.335 e. The van der Waals surface area contributed by atoms with Gasteiger partial charge in [-0.25, -0.2) is 4.79 Å². The van der Waals surface area contributed by atoms with Crippen LogP contribution in [0.2, 0.25) is 0 Å². The molecule has 0 unspecified atom stereocenters. The van der Waals surface area contributed by atoms with Crippen molar-refractivity contribution in [2.45, 2.75) is 39.0 Å². The maximum atomic E-state index is 11.0. The lowest BCUT2D eigenvalue weighted by Crippen LogP contribution is -2.01. The highest BCUT2D eigenvalue weighted by molar-refractivity contribution is 14.1. The second kappa shape index (κ2) is 6.22. The molecule has 0 aliphatic carbocycles. The van der Waals surface area contributed by atoms with Gasteiger partial charge < -0.3 is 4.42 Å². The van der Waals surface area contributed by atoms with Crippen LogP contribution in [-0.4, -0.2) is 0 Å². The van der Waals surface area contributed by atoms with Crippen molar-refractivity contribution < 1.29 is 4.42 Å². The van der Waals surface area contributed by atoms with E-state index in [4.69, 9.17) is 4.42 Å². The Balaban J connectivity index is 2.49. The number of halogens is 1. The summed E-state index contributed by atoms with van der Waals surface area (Å²) in [6.07, 6.45) is 5.69. The molecule has 78 valence electrons. The van der Waals surface area contributed by atoms with Crippen LogP contribution >= 0.6 is 22.6 Å². The van der Waals surface area contributed by atoms with Crippen LogP contribution < -0.4 is 5.63 Å². The van der Waals surface area contributed by atoms with E-state index in [1.807, 2.05) is 6.07 Å². The molecule has 0 aliphatic heterocycles. The van der Waals surface area contributed by atoms with Crippen LogP contribution in [0.5, 0.6) is 0 Å². The van der Waals surface area contributed by atoms with E-state index in [-0.39, 0.29) is 5.63 Å². The quantitative estimate of drug-likeness (QED) is 0.617. The highest BCUT2D eigenvalue weighted by Crippen LogP contribution is 2.13. The normalized spacial score (nSPS) is 10.4. The zero-order chi connectivity index (χ0) is 10.4. The summed E-state index contributed by atoms with van der Waals surface area (Å²) in [4.78, 5) is 11.0. The van der Waals surface area contributed by atoms with Gasteiger partial charge in [0.1, 0.15) is 5.76 Å². The zero-order valence-corrected chi connectivity index (χ0v) is 10.5. The molecule has 0 radical (unpaired) electrons. The molecule has 3 heteroatoms. The SMILES string of the molecule is CCCCCCc1oc(=O)ccc1I. The Morgan fingerprint density at radius 3 is 2.79 bits per heavy atom. The third kappa shape index (κ3) is 3.82. The van der Waals surface area contributed by atoms with Gasteiger partial charge in [-0.15, -0.1) is 0 Å². The predicted octanol–water partition coefficient (Wildman–Crippen LogP) is 3.37. The third-order valence-electron chi connectivity index (χ3n) is 2.11. The van der Waals surface area contributed by atoms with Crippen molar-refractivity contribution in [2.24, 2.45) is 0 Å².